The number of morpholine rings is 1. The van der Waals surface area contributed by atoms with Crippen LogP contribution >= 0.6 is 0 Å². The Balaban J connectivity index is 1.39. The van der Waals surface area contributed by atoms with Crippen LogP contribution in [0.2, 0.25) is 0 Å². The molecule has 1 saturated carbocycles. The lowest BCUT2D eigenvalue weighted by Gasteiger charge is -2.37. The van der Waals surface area contributed by atoms with Gasteiger partial charge in [-0.25, -0.2) is 24.9 Å². The molecule has 1 aliphatic heterocycles. The van der Waals surface area contributed by atoms with Gasteiger partial charge in [0.05, 0.1) is 32.1 Å². The van der Waals surface area contributed by atoms with E-state index in [2.05, 4.69) is 19.9 Å². The first-order valence-electron chi connectivity index (χ1n) is 14.2. The zero-order valence-electron chi connectivity index (χ0n) is 24.4. The fourth-order valence-electron chi connectivity index (χ4n) is 5.42. The highest BCUT2D eigenvalue weighted by atomic mass is 19.4. The minimum atomic E-state index is -4.56. The molecule has 1 atom stereocenters. The number of rotatable bonds is 8. The van der Waals surface area contributed by atoms with Crippen LogP contribution in [0.1, 0.15) is 72.0 Å². The van der Waals surface area contributed by atoms with Gasteiger partial charge < -0.3 is 24.7 Å². The second-order valence-electron chi connectivity index (χ2n) is 11.1. The van der Waals surface area contributed by atoms with E-state index >= 15 is 0 Å². The predicted octanol–water partition coefficient (Wildman–Crippen LogP) is 4.96. The zero-order valence-corrected chi connectivity index (χ0v) is 24.4. The summed E-state index contributed by atoms with van der Waals surface area (Å²) in [5.74, 6) is 0.758. The molecule has 2 aliphatic rings. The molecule has 44 heavy (non-hydrogen) atoms. The van der Waals surface area contributed by atoms with Crippen LogP contribution in [0.4, 0.5) is 19.0 Å². The number of hydrogen-bond donors (Lipinski definition) is 1. The zero-order chi connectivity index (χ0) is 31.2. The number of aromatic nitrogens is 6. The summed E-state index contributed by atoms with van der Waals surface area (Å²) in [6.07, 6.45) is 1.30. The van der Waals surface area contributed by atoms with Crippen molar-refractivity contribution < 1.29 is 27.4 Å². The van der Waals surface area contributed by atoms with Gasteiger partial charge >= 0.3 is 6.18 Å². The number of amides is 1. The number of anilines is 1. The summed E-state index contributed by atoms with van der Waals surface area (Å²) >= 11 is 0. The van der Waals surface area contributed by atoms with Gasteiger partial charge in [0.25, 0.3) is 5.91 Å². The second kappa shape index (κ2) is 11.5. The molecule has 0 spiro atoms. The third-order valence-electron chi connectivity index (χ3n) is 7.79. The number of carbonyl (C=O) groups is 1. The van der Waals surface area contributed by atoms with Crippen LogP contribution in [0, 0.1) is 0 Å². The number of benzene rings is 1. The quantitative estimate of drug-likeness (QED) is 0.295. The van der Waals surface area contributed by atoms with Crippen molar-refractivity contribution in [3.8, 4) is 28.7 Å². The third-order valence-corrected chi connectivity index (χ3v) is 7.79. The van der Waals surface area contributed by atoms with E-state index in [4.69, 9.17) is 20.2 Å². The maximum atomic E-state index is 13.5. The highest BCUT2D eigenvalue weighted by Crippen LogP contribution is 2.45. The highest BCUT2D eigenvalue weighted by Gasteiger charge is 2.36. The Morgan fingerprint density at radius 1 is 1.11 bits per heavy atom. The molecule has 1 aliphatic carbocycles. The minimum Gasteiger partial charge on any atom is -0.480 e. The number of nitrogens with zero attached hydrogens (tertiary/aromatic N) is 7. The molecule has 1 saturated heterocycles. The molecule has 4 heterocycles. The number of carbonyl (C=O) groups excluding carboxylic acids is 1. The summed E-state index contributed by atoms with van der Waals surface area (Å²) in [7, 11) is 1.51. The first-order valence-corrected chi connectivity index (χ1v) is 14.2. The molecule has 4 aromatic rings. The van der Waals surface area contributed by atoms with Crippen LogP contribution in [0.15, 0.2) is 43.0 Å². The number of alkyl halides is 3. The van der Waals surface area contributed by atoms with Crippen LogP contribution in [0.25, 0.3) is 22.8 Å². The van der Waals surface area contributed by atoms with E-state index in [1.54, 1.807) is 26.0 Å². The van der Waals surface area contributed by atoms with Crippen molar-refractivity contribution >= 4 is 11.7 Å². The monoisotopic (exact) mass is 608 g/mol. The average Bonchev–Trinajstić information content (AvgIpc) is 3.76. The largest absolute Gasteiger partial charge is 0.480 e. The van der Waals surface area contributed by atoms with E-state index < -0.39 is 17.8 Å². The average molecular weight is 609 g/mol. The van der Waals surface area contributed by atoms with Gasteiger partial charge in [-0.15, -0.1) is 0 Å². The number of ether oxygens (including phenoxy) is 2. The molecule has 6 rings (SSSR count). The molecule has 230 valence electrons. The Morgan fingerprint density at radius 3 is 2.50 bits per heavy atom. The molecule has 1 amide bonds. The summed E-state index contributed by atoms with van der Waals surface area (Å²) in [5.41, 5.74) is 7.68. The highest BCUT2D eigenvalue weighted by molar-refractivity contribution is 5.98. The van der Waals surface area contributed by atoms with E-state index in [0.29, 0.717) is 41.8 Å². The summed E-state index contributed by atoms with van der Waals surface area (Å²) in [6, 6.07) is 6.49. The summed E-state index contributed by atoms with van der Waals surface area (Å²) in [6.45, 7) is 4.65. The van der Waals surface area contributed by atoms with E-state index in [9.17, 15) is 18.0 Å². The molecule has 1 unspecified atom stereocenters. The first kappa shape index (κ1) is 29.5. The lowest BCUT2D eigenvalue weighted by atomic mass is 10.0. The number of hydrogen-bond acceptors (Lipinski definition) is 9. The predicted molar refractivity (Wildman–Crippen MR) is 154 cm³/mol. The lowest BCUT2D eigenvalue weighted by Crippen LogP contribution is -2.41. The summed E-state index contributed by atoms with van der Waals surface area (Å²) < 4.78 is 53.2. The van der Waals surface area contributed by atoms with E-state index in [1.165, 1.54) is 24.2 Å². The van der Waals surface area contributed by atoms with Crippen molar-refractivity contribution in [3.05, 3.63) is 65.5 Å². The molecule has 1 aromatic carbocycles. The fraction of sp³-hybridized carbons (Fsp3) is 0.400. The number of methoxy groups -OCH3 is 1. The van der Waals surface area contributed by atoms with Crippen molar-refractivity contribution in [2.24, 2.45) is 5.73 Å². The number of nitrogens with two attached hydrogens (primary N) is 1. The summed E-state index contributed by atoms with van der Waals surface area (Å²) in [4.78, 5) is 36.5. The SMILES string of the molecule is COc1ncnc(C2CC2)c1-c1ncc(C(N)=O)c(N2CCOCC2c2ccc(-c3nc(C(F)(F)F)cn3C(C)C)cc2)n1. The van der Waals surface area contributed by atoms with Gasteiger partial charge in [0.15, 0.2) is 11.5 Å². The lowest BCUT2D eigenvalue weighted by molar-refractivity contribution is -0.140. The molecule has 3 aromatic heterocycles. The van der Waals surface area contributed by atoms with E-state index in [-0.39, 0.29) is 36.0 Å². The van der Waals surface area contributed by atoms with Crippen molar-refractivity contribution in [1.82, 2.24) is 29.5 Å². The van der Waals surface area contributed by atoms with Crippen LogP contribution in [-0.4, -0.2) is 62.3 Å². The number of primary amides is 1. The van der Waals surface area contributed by atoms with Crippen LogP contribution in [-0.2, 0) is 10.9 Å². The Kier molecular flexibility index (Phi) is 7.70. The fourth-order valence-corrected chi connectivity index (χ4v) is 5.42. The normalized spacial score (nSPS) is 17.2. The maximum absolute atomic E-state index is 13.5. The van der Waals surface area contributed by atoms with E-state index in [1.807, 2.05) is 17.0 Å². The molecule has 0 bridgehead atoms. The topological polar surface area (TPSA) is 134 Å². The number of imidazole rings is 1. The molecule has 2 fully saturated rings. The van der Waals surface area contributed by atoms with Gasteiger partial charge in [-0.1, -0.05) is 24.3 Å². The van der Waals surface area contributed by atoms with Crippen molar-refractivity contribution in [2.45, 2.75) is 50.9 Å². The Labute approximate surface area is 251 Å². The first-order chi connectivity index (χ1) is 21.1. The van der Waals surface area contributed by atoms with Gasteiger partial charge in [-0.2, -0.15) is 13.2 Å². The van der Waals surface area contributed by atoms with Crippen LogP contribution in [0.3, 0.4) is 0 Å². The molecular formula is C30H31F3N8O3. The van der Waals surface area contributed by atoms with Gasteiger partial charge in [-0.3, -0.25) is 4.79 Å². The summed E-state index contributed by atoms with van der Waals surface area (Å²) in [5, 5.41) is 0. The maximum Gasteiger partial charge on any atom is 0.434 e. The minimum absolute atomic E-state index is 0.139. The van der Waals surface area contributed by atoms with E-state index in [0.717, 1.165) is 30.3 Å². The Hall–Kier alpha value is -4.59. The van der Waals surface area contributed by atoms with Crippen LogP contribution < -0.4 is 15.4 Å². The van der Waals surface area contributed by atoms with Crippen molar-refractivity contribution in [1.29, 1.82) is 0 Å². The van der Waals surface area contributed by atoms with Crippen molar-refractivity contribution in [3.63, 3.8) is 0 Å². The Bertz CT molecular complexity index is 1690. The standard InChI is InChI=1S/C30H31F3N8O3/c1-16(2)41-13-22(30(31,32)33)38-27(41)19-8-4-17(5-9-19)21-14-44-11-10-40(21)28-20(25(34)42)12-35-26(39-28)23-24(18-6-7-18)36-15-37-29(23)43-3/h4-5,8-9,12-13,15-16,18,21H,6-7,10-11,14H2,1-3H3,(H2,34,42). The molecule has 0 radical (unpaired) electrons. The van der Waals surface area contributed by atoms with Gasteiger partial charge in [0.1, 0.15) is 29.1 Å². The van der Waals surface area contributed by atoms with Gasteiger partial charge in [0, 0.05) is 36.5 Å². The third kappa shape index (κ3) is 5.56. The van der Waals surface area contributed by atoms with Crippen LogP contribution in [0.5, 0.6) is 5.88 Å². The van der Waals surface area contributed by atoms with Gasteiger partial charge in [0.2, 0.25) is 5.88 Å². The molecular weight excluding hydrogens is 577 g/mol. The second-order valence-corrected chi connectivity index (χ2v) is 11.1. The van der Waals surface area contributed by atoms with Crippen molar-refractivity contribution in [2.75, 3.05) is 31.8 Å². The number of halogens is 3. The van der Waals surface area contributed by atoms with Gasteiger partial charge in [-0.05, 0) is 32.3 Å². The molecule has 11 nitrogen and oxygen atoms in total. The Morgan fingerprint density at radius 2 is 1.86 bits per heavy atom. The smallest absolute Gasteiger partial charge is 0.434 e. The molecule has 2 N–H and O–H groups in total. The molecule has 14 heteroatoms.